The van der Waals surface area contributed by atoms with Crippen molar-refractivity contribution in [3.05, 3.63) is 35.5 Å². The number of carbonyl (C=O) groups excluding carboxylic acids is 1. The third-order valence-electron chi connectivity index (χ3n) is 5.46. The fraction of sp³-hybridized carbons (Fsp3) is 0.471. The van der Waals surface area contributed by atoms with Gasteiger partial charge in [-0.3, -0.25) is 4.79 Å². The Kier molecular flexibility index (Phi) is 2.30. The first-order valence-electron chi connectivity index (χ1n) is 6.89. The van der Waals surface area contributed by atoms with E-state index < -0.39 is 0 Å². The van der Waals surface area contributed by atoms with Gasteiger partial charge in [-0.2, -0.15) is 0 Å². The highest BCUT2D eigenvalue weighted by Gasteiger charge is 2.68. The summed E-state index contributed by atoms with van der Waals surface area (Å²) in [6.07, 6.45) is 1.88. The Balaban J connectivity index is 2.10. The predicted molar refractivity (Wildman–Crippen MR) is 78.4 cm³/mol. The van der Waals surface area contributed by atoms with Gasteiger partial charge in [-0.05, 0) is 29.4 Å². The lowest BCUT2D eigenvalue weighted by Crippen LogP contribution is -2.07. The van der Waals surface area contributed by atoms with Gasteiger partial charge in [0.25, 0.3) is 0 Å². The van der Waals surface area contributed by atoms with Crippen LogP contribution in [0.2, 0.25) is 0 Å². The first kappa shape index (κ1) is 12.5. The second-order valence-electron chi connectivity index (χ2n) is 6.94. The molecule has 1 N–H and O–H groups in total. The molecule has 0 atom stereocenters. The number of nitrogens with one attached hydrogen (secondary N) is 1. The van der Waals surface area contributed by atoms with Crippen LogP contribution in [0.15, 0.2) is 24.4 Å². The van der Waals surface area contributed by atoms with Gasteiger partial charge in [0.2, 0.25) is 0 Å². The van der Waals surface area contributed by atoms with Crippen LogP contribution in [-0.2, 0) is 0 Å². The van der Waals surface area contributed by atoms with Crippen molar-refractivity contribution in [2.75, 3.05) is 0 Å². The second-order valence-corrected chi connectivity index (χ2v) is 6.94. The number of carbonyl (C=O) groups is 1. The van der Waals surface area contributed by atoms with Gasteiger partial charge in [-0.15, -0.1) is 0 Å². The number of benzene rings is 1. The molecule has 1 fully saturated rings. The lowest BCUT2D eigenvalue weighted by molar-refractivity contribution is 0.0947. The fourth-order valence-corrected chi connectivity index (χ4v) is 3.57. The van der Waals surface area contributed by atoms with E-state index in [0.29, 0.717) is 0 Å². The summed E-state index contributed by atoms with van der Waals surface area (Å²) in [4.78, 5) is 16.1. The standard InChI is InChI=1S/C17H21NO/c1-10-7-6-8-12-13(10)11(9-18-12)14(19)15-16(2,3)17(15,4)5/h6-9,15,18H,1-5H3. The van der Waals surface area contributed by atoms with Crippen LogP contribution in [0.1, 0.15) is 43.6 Å². The van der Waals surface area contributed by atoms with Crippen LogP contribution < -0.4 is 0 Å². The van der Waals surface area contributed by atoms with Crippen molar-refractivity contribution in [3.8, 4) is 0 Å². The number of hydrogen-bond acceptors (Lipinski definition) is 1. The molecule has 0 bridgehead atoms. The number of rotatable bonds is 2. The molecule has 1 aromatic heterocycles. The van der Waals surface area contributed by atoms with Gasteiger partial charge in [-0.25, -0.2) is 0 Å². The Labute approximate surface area is 114 Å². The molecule has 2 heteroatoms. The second kappa shape index (κ2) is 3.50. The molecule has 2 nitrogen and oxygen atoms in total. The van der Waals surface area contributed by atoms with Gasteiger partial charge in [0.05, 0.1) is 0 Å². The van der Waals surface area contributed by atoms with E-state index in [2.05, 4.69) is 45.7 Å². The number of H-pyrrole nitrogens is 1. The van der Waals surface area contributed by atoms with Crippen LogP contribution in [0.3, 0.4) is 0 Å². The molecule has 0 aliphatic heterocycles. The molecule has 19 heavy (non-hydrogen) atoms. The number of aromatic nitrogens is 1. The van der Waals surface area contributed by atoms with Crippen molar-refractivity contribution in [3.63, 3.8) is 0 Å². The molecule has 0 saturated heterocycles. The Morgan fingerprint density at radius 1 is 1.16 bits per heavy atom. The van der Waals surface area contributed by atoms with Gasteiger partial charge in [-0.1, -0.05) is 39.8 Å². The normalized spacial score (nSPS) is 20.7. The zero-order valence-corrected chi connectivity index (χ0v) is 12.3. The Morgan fingerprint density at radius 2 is 1.79 bits per heavy atom. The topological polar surface area (TPSA) is 32.9 Å². The Morgan fingerprint density at radius 3 is 2.37 bits per heavy atom. The minimum atomic E-state index is 0.0936. The van der Waals surface area contributed by atoms with Crippen LogP contribution in [0.5, 0.6) is 0 Å². The highest BCUT2D eigenvalue weighted by molar-refractivity contribution is 6.11. The highest BCUT2D eigenvalue weighted by Crippen LogP contribution is 2.69. The maximum Gasteiger partial charge on any atom is 0.169 e. The molecular weight excluding hydrogens is 234 g/mol. The number of aromatic amines is 1. The maximum absolute atomic E-state index is 12.8. The zero-order valence-electron chi connectivity index (χ0n) is 12.3. The molecule has 1 heterocycles. The molecule has 100 valence electrons. The quantitative estimate of drug-likeness (QED) is 0.795. The molecule has 1 aliphatic carbocycles. The minimum Gasteiger partial charge on any atom is -0.360 e. The summed E-state index contributed by atoms with van der Waals surface area (Å²) in [5.41, 5.74) is 3.27. The molecule has 1 aromatic carbocycles. The van der Waals surface area contributed by atoms with E-state index in [-0.39, 0.29) is 22.5 Å². The van der Waals surface area contributed by atoms with Gasteiger partial charge in [0, 0.05) is 28.6 Å². The van der Waals surface area contributed by atoms with Crippen LogP contribution in [0, 0.1) is 23.7 Å². The van der Waals surface area contributed by atoms with Crippen molar-refractivity contribution in [1.82, 2.24) is 4.98 Å². The monoisotopic (exact) mass is 255 g/mol. The summed E-state index contributed by atoms with van der Waals surface area (Å²) >= 11 is 0. The van der Waals surface area contributed by atoms with Crippen molar-refractivity contribution in [1.29, 1.82) is 0 Å². The summed E-state index contributed by atoms with van der Waals surface area (Å²) in [6.45, 7) is 10.8. The molecule has 1 aliphatic rings. The van der Waals surface area contributed by atoms with Crippen molar-refractivity contribution in [2.24, 2.45) is 16.7 Å². The third-order valence-corrected chi connectivity index (χ3v) is 5.46. The van der Waals surface area contributed by atoms with Crippen LogP contribution in [-0.4, -0.2) is 10.8 Å². The summed E-state index contributed by atoms with van der Waals surface area (Å²) in [7, 11) is 0. The highest BCUT2D eigenvalue weighted by atomic mass is 16.1. The van der Waals surface area contributed by atoms with E-state index >= 15 is 0 Å². The largest absolute Gasteiger partial charge is 0.360 e. The van der Waals surface area contributed by atoms with E-state index in [1.54, 1.807) is 0 Å². The third kappa shape index (κ3) is 1.46. The molecule has 0 unspecified atom stereocenters. The molecule has 0 spiro atoms. The molecule has 1 saturated carbocycles. The number of ketones is 1. The smallest absolute Gasteiger partial charge is 0.169 e. The van der Waals surface area contributed by atoms with Crippen molar-refractivity contribution in [2.45, 2.75) is 34.6 Å². The molecule has 0 amide bonds. The number of hydrogen-bond donors (Lipinski definition) is 1. The predicted octanol–water partition coefficient (Wildman–Crippen LogP) is 4.34. The molecular formula is C17H21NO. The number of aryl methyl sites for hydroxylation is 1. The SMILES string of the molecule is Cc1cccc2[nH]cc(C(=O)C3C(C)(C)C3(C)C)c12. The van der Waals surface area contributed by atoms with Gasteiger partial charge >= 0.3 is 0 Å². The summed E-state index contributed by atoms with van der Waals surface area (Å²) < 4.78 is 0. The molecule has 3 rings (SSSR count). The summed E-state index contributed by atoms with van der Waals surface area (Å²) in [5.74, 6) is 0.411. The van der Waals surface area contributed by atoms with Crippen LogP contribution in [0.25, 0.3) is 10.9 Å². The van der Waals surface area contributed by atoms with E-state index in [1.165, 1.54) is 5.56 Å². The summed E-state index contributed by atoms with van der Waals surface area (Å²) in [6, 6.07) is 6.12. The average molecular weight is 255 g/mol. The fourth-order valence-electron chi connectivity index (χ4n) is 3.57. The molecule has 0 radical (unpaired) electrons. The lowest BCUT2D eigenvalue weighted by Gasteiger charge is -2.03. The maximum atomic E-state index is 12.8. The van der Waals surface area contributed by atoms with Gasteiger partial charge in [0.1, 0.15) is 0 Å². The first-order chi connectivity index (χ1) is 8.78. The Bertz CT molecular complexity index is 662. The van der Waals surface area contributed by atoms with Gasteiger partial charge < -0.3 is 4.98 Å². The van der Waals surface area contributed by atoms with E-state index in [1.807, 2.05) is 18.3 Å². The first-order valence-corrected chi connectivity index (χ1v) is 6.89. The minimum absolute atomic E-state index is 0.0936. The van der Waals surface area contributed by atoms with Crippen molar-refractivity contribution < 1.29 is 4.79 Å². The Hall–Kier alpha value is -1.57. The van der Waals surface area contributed by atoms with Crippen LogP contribution in [0.4, 0.5) is 0 Å². The van der Waals surface area contributed by atoms with Gasteiger partial charge in [0.15, 0.2) is 5.78 Å². The average Bonchev–Trinajstić information content (AvgIpc) is 2.66. The molecule has 2 aromatic rings. The van der Waals surface area contributed by atoms with E-state index in [9.17, 15) is 4.79 Å². The van der Waals surface area contributed by atoms with Crippen LogP contribution >= 0.6 is 0 Å². The zero-order chi connectivity index (χ0) is 14.0. The summed E-state index contributed by atoms with van der Waals surface area (Å²) in [5, 5.41) is 1.09. The van der Waals surface area contributed by atoms with Crippen molar-refractivity contribution >= 4 is 16.7 Å². The lowest BCUT2D eigenvalue weighted by atomic mass is 9.98. The number of fused-ring (bicyclic) bond motifs is 1. The number of Topliss-reactive ketones (excluding diaryl/α,β-unsaturated/α-hetero) is 1. The van der Waals surface area contributed by atoms with E-state index in [0.717, 1.165) is 16.5 Å². The van der Waals surface area contributed by atoms with E-state index in [4.69, 9.17) is 0 Å².